The van der Waals surface area contributed by atoms with Crippen LogP contribution in [-0.4, -0.2) is 38.3 Å². The molecule has 5 heteroatoms. The van der Waals surface area contributed by atoms with Gasteiger partial charge in [-0.2, -0.15) is 0 Å². The largest absolute Gasteiger partial charge is 0.380 e. The van der Waals surface area contributed by atoms with E-state index in [2.05, 4.69) is 0 Å². The Labute approximate surface area is 113 Å². The summed E-state index contributed by atoms with van der Waals surface area (Å²) in [7, 11) is 1.92. The number of hydrogen-bond acceptors (Lipinski definition) is 3. The Morgan fingerprint density at radius 1 is 1.32 bits per heavy atom. The molecular weight excluding hydrogens is 250 g/mol. The highest BCUT2D eigenvalue weighted by Crippen LogP contribution is 2.24. The summed E-state index contributed by atoms with van der Waals surface area (Å²) in [5.41, 5.74) is 6.62. The number of hydrogen-bond donors (Lipinski definition) is 1. The zero-order valence-corrected chi connectivity index (χ0v) is 11.5. The third kappa shape index (κ3) is 4.86. The molecule has 1 unspecified atom stereocenters. The van der Waals surface area contributed by atoms with Crippen LogP contribution in [0.4, 0.5) is 8.78 Å². The van der Waals surface area contributed by atoms with Crippen LogP contribution >= 0.6 is 0 Å². The van der Waals surface area contributed by atoms with Crippen molar-refractivity contribution >= 4 is 0 Å². The van der Waals surface area contributed by atoms with E-state index in [4.69, 9.17) is 10.5 Å². The van der Waals surface area contributed by atoms with Gasteiger partial charge >= 0.3 is 0 Å². The van der Waals surface area contributed by atoms with E-state index >= 15 is 0 Å². The first-order valence-corrected chi connectivity index (χ1v) is 6.46. The van der Waals surface area contributed by atoms with Gasteiger partial charge in [-0.05, 0) is 25.6 Å². The molecule has 0 bridgehead atoms. The van der Waals surface area contributed by atoms with Gasteiger partial charge in [0.25, 0.3) is 6.43 Å². The molecule has 2 N–H and O–H groups in total. The topological polar surface area (TPSA) is 38.5 Å². The molecule has 0 aliphatic carbocycles. The molecule has 108 valence electrons. The maximum absolute atomic E-state index is 12.7. The van der Waals surface area contributed by atoms with Crippen molar-refractivity contribution in [1.29, 1.82) is 0 Å². The SMILES string of the molecule is CCOCCN(C)C(CN)c1cccc(C(F)F)c1. The van der Waals surface area contributed by atoms with Crippen LogP contribution in [0.25, 0.3) is 0 Å². The van der Waals surface area contributed by atoms with E-state index in [9.17, 15) is 8.78 Å². The lowest BCUT2D eigenvalue weighted by Crippen LogP contribution is -2.33. The molecule has 0 aliphatic heterocycles. The van der Waals surface area contributed by atoms with Crippen LogP contribution in [0.1, 0.15) is 30.5 Å². The molecule has 1 atom stereocenters. The lowest BCUT2D eigenvalue weighted by atomic mass is 10.0. The highest BCUT2D eigenvalue weighted by molar-refractivity contribution is 5.27. The number of benzene rings is 1. The predicted octanol–water partition coefficient (Wildman–Crippen LogP) is 2.59. The molecule has 19 heavy (non-hydrogen) atoms. The smallest absolute Gasteiger partial charge is 0.263 e. The second kappa shape index (κ2) is 8.19. The van der Waals surface area contributed by atoms with Gasteiger partial charge in [-0.3, -0.25) is 4.90 Å². The van der Waals surface area contributed by atoms with Crippen molar-refractivity contribution in [2.45, 2.75) is 19.4 Å². The van der Waals surface area contributed by atoms with Crippen molar-refractivity contribution < 1.29 is 13.5 Å². The summed E-state index contributed by atoms with van der Waals surface area (Å²) in [6.45, 7) is 4.32. The van der Waals surface area contributed by atoms with E-state index in [1.807, 2.05) is 24.9 Å². The zero-order chi connectivity index (χ0) is 14.3. The molecule has 3 nitrogen and oxygen atoms in total. The summed E-state index contributed by atoms with van der Waals surface area (Å²) in [6, 6.07) is 6.37. The van der Waals surface area contributed by atoms with Crippen molar-refractivity contribution in [3.05, 3.63) is 35.4 Å². The van der Waals surface area contributed by atoms with Crippen LogP contribution in [0.2, 0.25) is 0 Å². The van der Waals surface area contributed by atoms with Gasteiger partial charge in [0.15, 0.2) is 0 Å². The summed E-state index contributed by atoms with van der Waals surface area (Å²) >= 11 is 0. The fraction of sp³-hybridized carbons (Fsp3) is 0.571. The summed E-state index contributed by atoms with van der Waals surface area (Å²) < 4.78 is 30.7. The Bertz CT molecular complexity index is 374. The lowest BCUT2D eigenvalue weighted by molar-refractivity contribution is 0.108. The maximum Gasteiger partial charge on any atom is 0.263 e. The summed E-state index contributed by atoms with van der Waals surface area (Å²) in [6.07, 6.45) is -2.45. The average molecular weight is 272 g/mol. The van der Waals surface area contributed by atoms with E-state index in [1.165, 1.54) is 12.1 Å². The van der Waals surface area contributed by atoms with E-state index in [0.29, 0.717) is 26.3 Å². The Morgan fingerprint density at radius 2 is 2.00 bits per heavy atom. The molecule has 1 aromatic carbocycles. The first-order chi connectivity index (χ1) is 9.10. The minimum Gasteiger partial charge on any atom is -0.380 e. The molecule has 0 saturated heterocycles. The van der Waals surface area contributed by atoms with E-state index < -0.39 is 6.43 Å². The monoisotopic (exact) mass is 272 g/mol. The third-order valence-electron chi connectivity index (χ3n) is 3.10. The molecule has 0 heterocycles. The van der Waals surface area contributed by atoms with E-state index in [1.54, 1.807) is 6.07 Å². The molecule has 0 aliphatic rings. The summed E-state index contributed by atoms with van der Waals surface area (Å²) in [4.78, 5) is 2.03. The lowest BCUT2D eigenvalue weighted by Gasteiger charge is -2.27. The molecule has 0 spiro atoms. The molecule has 1 aromatic rings. The molecule has 0 amide bonds. The summed E-state index contributed by atoms with van der Waals surface area (Å²) in [5.74, 6) is 0. The number of likely N-dealkylation sites (N-methyl/N-ethyl adjacent to an activating group) is 1. The number of alkyl halides is 2. The number of nitrogens with two attached hydrogens (primary N) is 1. The fourth-order valence-electron chi connectivity index (χ4n) is 1.98. The van der Waals surface area contributed by atoms with Crippen molar-refractivity contribution in [2.75, 3.05) is 33.4 Å². The van der Waals surface area contributed by atoms with Gasteiger partial charge in [-0.1, -0.05) is 18.2 Å². The van der Waals surface area contributed by atoms with Gasteiger partial charge in [0.05, 0.1) is 6.61 Å². The van der Waals surface area contributed by atoms with Gasteiger partial charge in [0.1, 0.15) is 0 Å². The van der Waals surface area contributed by atoms with E-state index in [-0.39, 0.29) is 11.6 Å². The highest BCUT2D eigenvalue weighted by Gasteiger charge is 2.17. The van der Waals surface area contributed by atoms with Crippen LogP contribution in [0.5, 0.6) is 0 Å². The Hall–Kier alpha value is -1.04. The average Bonchev–Trinajstić information content (AvgIpc) is 2.40. The first-order valence-electron chi connectivity index (χ1n) is 6.46. The third-order valence-corrected chi connectivity index (χ3v) is 3.10. The quantitative estimate of drug-likeness (QED) is 0.739. The van der Waals surface area contributed by atoms with Crippen LogP contribution in [0, 0.1) is 0 Å². The molecule has 0 aromatic heterocycles. The van der Waals surface area contributed by atoms with Crippen LogP contribution in [-0.2, 0) is 4.74 Å². The minimum atomic E-state index is -2.45. The number of nitrogens with zero attached hydrogens (tertiary/aromatic N) is 1. The molecule has 0 fully saturated rings. The Balaban J connectivity index is 2.75. The number of halogens is 2. The normalized spacial score (nSPS) is 13.2. The van der Waals surface area contributed by atoms with Crippen molar-refractivity contribution in [3.8, 4) is 0 Å². The highest BCUT2D eigenvalue weighted by atomic mass is 19.3. The van der Waals surface area contributed by atoms with Gasteiger partial charge in [0.2, 0.25) is 0 Å². The van der Waals surface area contributed by atoms with E-state index in [0.717, 1.165) is 5.56 Å². The van der Waals surface area contributed by atoms with Crippen molar-refractivity contribution in [3.63, 3.8) is 0 Å². The minimum absolute atomic E-state index is 0.0363. The Kier molecular flexibility index (Phi) is 6.91. The first kappa shape index (κ1) is 16.0. The Morgan fingerprint density at radius 3 is 2.58 bits per heavy atom. The van der Waals surface area contributed by atoms with Gasteiger partial charge in [0, 0.05) is 31.3 Å². The maximum atomic E-state index is 12.7. The second-order valence-electron chi connectivity index (χ2n) is 4.40. The number of ether oxygens (including phenoxy) is 1. The standard InChI is InChI=1S/C14H22F2N2O/c1-3-19-8-7-18(2)13(10-17)11-5-4-6-12(9-11)14(15)16/h4-6,9,13-14H,3,7-8,10,17H2,1-2H3. The van der Waals surface area contributed by atoms with Crippen molar-refractivity contribution in [1.82, 2.24) is 4.90 Å². The molecule has 1 rings (SSSR count). The predicted molar refractivity (Wildman–Crippen MR) is 72.3 cm³/mol. The molecule has 0 saturated carbocycles. The number of rotatable bonds is 8. The van der Waals surface area contributed by atoms with Crippen LogP contribution in [0.3, 0.4) is 0 Å². The van der Waals surface area contributed by atoms with Gasteiger partial charge in [-0.15, -0.1) is 0 Å². The van der Waals surface area contributed by atoms with Gasteiger partial charge in [-0.25, -0.2) is 8.78 Å². The van der Waals surface area contributed by atoms with Crippen LogP contribution in [0.15, 0.2) is 24.3 Å². The molecule has 0 radical (unpaired) electrons. The van der Waals surface area contributed by atoms with Crippen molar-refractivity contribution in [2.24, 2.45) is 5.73 Å². The fourth-order valence-corrected chi connectivity index (χ4v) is 1.98. The van der Waals surface area contributed by atoms with Crippen LogP contribution < -0.4 is 5.73 Å². The summed E-state index contributed by atoms with van der Waals surface area (Å²) in [5, 5.41) is 0. The zero-order valence-electron chi connectivity index (χ0n) is 11.5. The second-order valence-corrected chi connectivity index (χ2v) is 4.40. The molecular formula is C14H22F2N2O. The van der Waals surface area contributed by atoms with Gasteiger partial charge < -0.3 is 10.5 Å².